The summed E-state index contributed by atoms with van der Waals surface area (Å²) in [6.07, 6.45) is 10.1. The van der Waals surface area contributed by atoms with E-state index in [9.17, 15) is 4.79 Å². The van der Waals surface area contributed by atoms with E-state index in [2.05, 4.69) is 11.9 Å². The van der Waals surface area contributed by atoms with E-state index in [1.54, 1.807) is 0 Å². The molecule has 1 aromatic rings. The molecule has 1 aromatic heterocycles. The van der Waals surface area contributed by atoms with Crippen LogP contribution >= 0.6 is 0 Å². The Hall–Kier alpha value is -1.66. The summed E-state index contributed by atoms with van der Waals surface area (Å²) in [5.74, 6) is 0.0638. The van der Waals surface area contributed by atoms with Crippen LogP contribution in [0.2, 0.25) is 0 Å². The molecule has 0 unspecified atom stereocenters. The van der Waals surface area contributed by atoms with Crippen molar-refractivity contribution in [2.24, 2.45) is 0 Å². The number of allylic oxidation sites excluding steroid dienone is 1. The highest BCUT2D eigenvalue weighted by Crippen LogP contribution is 2.28. The third-order valence-corrected chi connectivity index (χ3v) is 5.98. The Kier molecular flexibility index (Phi) is 5.41. The lowest BCUT2D eigenvalue weighted by molar-refractivity contribution is 0.0297. The van der Waals surface area contributed by atoms with Crippen LogP contribution in [0.25, 0.3) is 0 Å². The van der Waals surface area contributed by atoms with E-state index >= 15 is 0 Å². The van der Waals surface area contributed by atoms with Crippen LogP contribution in [-0.2, 0) is 24.1 Å². The van der Waals surface area contributed by atoms with Gasteiger partial charge in [0.05, 0.1) is 19.8 Å². The Balaban J connectivity index is 1.56. The number of carbonyl (C=O) groups is 1. The van der Waals surface area contributed by atoms with Gasteiger partial charge in [0, 0.05) is 36.4 Å². The summed E-state index contributed by atoms with van der Waals surface area (Å²) in [7, 11) is 0. The Morgan fingerprint density at radius 2 is 2.00 bits per heavy atom. The number of hydrogen-bond acceptors (Lipinski definition) is 4. The molecular formula is C20H30N4O2. The fourth-order valence-corrected chi connectivity index (χ4v) is 4.62. The van der Waals surface area contributed by atoms with Crippen molar-refractivity contribution < 1.29 is 9.53 Å². The highest BCUT2D eigenvalue weighted by Gasteiger charge is 2.32. The molecule has 1 amide bonds. The average Bonchev–Trinajstić information content (AvgIpc) is 3.30. The molecule has 0 bridgehead atoms. The first-order valence-corrected chi connectivity index (χ1v) is 10.1. The molecule has 6 nitrogen and oxygen atoms in total. The zero-order valence-corrected chi connectivity index (χ0v) is 15.6. The molecule has 0 spiro atoms. The van der Waals surface area contributed by atoms with E-state index in [4.69, 9.17) is 9.84 Å². The van der Waals surface area contributed by atoms with Gasteiger partial charge >= 0.3 is 0 Å². The maximum atomic E-state index is 13.1. The Morgan fingerprint density at radius 3 is 2.73 bits per heavy atom. The molecule has 6 heteroatoms. The highest BCUT2D eigenvalue weighted by atomic mass is 16.5. The van der Waals surface area contributed by atoms with Crippen molar-refractivity contribution in [3.05, 3.63) is 29.6 Å². The third-order valence-electron chi connectivity index (χ3n) is 5.98. The van der Waals surface area contributed by atoms with Crippen LogP contribution in [0, 0.1) is 0 Å². The number of amides is 1. The summed E-state index contributed by atoms with van der Waals surface area (Å²) in [5, 5.41) is 8.55. The fourth-order valence-electron chi connectivity index (χ4n) is 4.62. The second-order valence-corrected chi connectivity index (χ2v) is 7.74. The van der Waals surface area contributed by atoms with Gasteiger partial charge in [0.25, 0.3) is 5.91 Å². The van der Waals surface area contributed by atoms with Crippen LogP contribution in [-0.4, -0.2) is 59.0 Å². The van der Waals surface area contributed by atoms with E-state index in [0.29, 0.717) is 50.6 Å². The standard InChI is InChI=1S/C20H30N4O2/c1-2-9-24-18-8-7-16(21-15-5-3-4-6-15)14-17(18)19(22-24)20(25)23-10-12-26-13-11-23/h2,15-16,21H,1,3-14H2/t16-/m0/s1. The van der Waals surface area contributed by atoms with E-state index in [1.165, 1.54) is 31.4 Å². The fraction of sp³-hybridized carbons (Fsp3) is 0.700. The highest BCUT2D eigenvalue weighted by molar-refractivity contribution is 5.94. The second-order valence-electron chi connectivity index (χ2n) is 7.74. The van der Waals surface area contributed by atoms with Gasteiger partial charge in [-0.05, 0) is 32.1 Å². The monoisotopic (exact) mass is 358 g/mol. The lowest BCUT2D eigenvalue weighted by atomic mass is 9.90. The average molecular weight is 358 g/mol. The maximum Gasteiger partial charge on any atom is 0.274 e. The largest absolute Gasteiger partial charge is 0.378 e. The van der Waals surface area contributed by atoms with Gasteiger partial charge in [-0.3, -0.25) is 9.48 Å². The van der Waals surface area contributed by atoms with Crippen molar-refractivity contribution in [3.8, 4) is 0 Å². The molecule has 0 aromatic carbocycles. The molecule has 1 saturated heterocycles. The van der Waals surface area contributed by atoms with Gasteiger partial charge in [-0.15, -0.1) is 6.58 Å². The molecule has 1 N–H and O–H groups in total. The molecular weight excluding hydrogens is 328 g/mol. The summed E-state index contributed by atoms with van der Waals surface area (Å²) in [6.45, 7) is 7.07. The number of carbonyl (C=O) groups excluding carboxylic acids is 1. The van der Waals surface area contributed by atoms with Gasteiger partial charge in [0.15, 0.2) is 5.69 Å². The Morgan fingerprint density at radius 1 is 1.23 bits per heavy atom. The van der Waals surface area contributed by atoms with Gasteiger partial charge in [-0.1, -0.05) is 18.9 Å². The van der Waals surface area contributed by atoms with Gasteiger partial charge in [-0.2, -0.15) is 5.10 Å². The van der Waals surface area contributed by atoms with Gasteiger partial charge in [-0.25, -0.2) is 0 Å². The van der Waals surface area contributed by atoms with Crippen molar-refractivity contribution in [2.45, 2.75) is 63.6 Å². The van der Waals surface area contributed by atoms with Crippen LogP contribution in [0.1, 0.15) is 53.8 Å². The minimum atomic E-state index is 0.0638. The number of aromatic nitrogens is 2. The van der Waals surface area contributed by atoms with Crippen LogP contribution in [0.3, 0.4) is 0 Å². The SMILES string of the molecule is C=CCn1nc(C(=O)N2CCOCC2)c2c1CC[C@H](NC1CCCC1)C2. The van der Waals surface area contributed by atoms with Gasteiger partial charge < -0.3 is 15.0 Å². The summed E-state index contributed by atoms with van der Waals surface area (Å²) >= 11 is 0. The summed E-state index contributed by atoms with van der Waals surface area (Å²) in [4.78, 5) is 15.0. The van der Waals surface area contributed by atoms with Gasteiger partial charge in [0.1, 0.15) is 0 Å². The Bertz CT molecular complexity index is 657. The van der Waals surface area contributed by atoms with Crippen molar-refractivity contribution in [1.82, 2.24) is 20.0 Å². The first kappa shape index (κ1) is 17.7. The summed E-state index contributed by atoms with van der Waals surface area (Å²) < 4.78 is 7.38. The molecule has 0 radical (unpaired) electrons. The number of rotatable bonds is 5. The topological polar surface area (TPSA) is 59.4 Å². The zero-order chi connectivity index (χ0) is 17.9. The van der Waals surface area contributed by atoms with E-state index < -0.39 is 0 Å². The third kappa shape index (κ3) is 3.58. The minimum absolute atomic E-state index is 0.0638. The number of nitrogens with zero attached hydrogens (tertiary/aromatic N) is 3. The predicted molar refractivity (Wildman–Crippen MR) is 100 cm³/mol. The maximum absolute atomic E-state index is 13.1. The smallest absolute Gasteiger partial charge is 0.274 e. The number of nitrogens with one attached hydrogen (secondary N) is 1. The molecule has 2 aliphatic carbocycles. The van der Waals surface area contributed by atoms with E-state index in [-0.39, 0.29) is 5.91 Å². The van der Waals surface area contributed by atoms with Crippen molar-refractivity contribution in [2.75, 3.05) is 26.3 Å². The molecule has 2 fully saturated rings. The number of fused-ring (bicyclic) bond motifs is 1. The molecule has 26 heavy (non-hydrogen) atoms. The number of hydrogen-bond donors (Lipinski definition) is 1. The summed E-state index contributed by atoms with van der Waals surface area (Å²) in [6, 6.07) is 1.12. The molecule has 2 heterocycles. The molecule has 142 valence electrons. The minimum Gasteiger partial charge on any atom is -0.378 e. The second kappa shape index (κ2) is 7.92. The lowest BCUT2D eigenvalue weighted by Gasteiger charge is -2.29. The summed E-state index contributed by atoms with van der Waals surface area (Å²) in [5.41, 5.74) is 3.04. The van der Waals surface area contributed by atoms with Crippen LogP contribution in [0.15, 0.2) is 12.7 Å². The predicted octanol–water partition coefficient (Wildman–Crippen LogP) is 1.93. The number of morpholine rings is 1. The van der Waals surface area contributed by atoms with Crippen molar-refractivity contribution >= 4 is 5.91 Å². The van der Waals surface area contributed by atoms with Crippen molar-refractivity contribution in [3.63, 3.8) is 0 Å². The first-order valence-electron chi connectivity index (χ1n) is 10.1. The van der Waals surface area contributed by atoms with E-state index in [1.807, 2.05) is 15.7 Å². The quantitative estimate of drug-likeness (QED) is 0.817. The first-order chi connectivity index (χ1) is 12.8. The van der Waals surface area contributed by atoms with Gasteiger partial charge in [0.2, 0.25) is 0 Å². The molecule has 4 rings (SSSR count). The Labute approximate surface area is 155 Å². The molecule has 1 aliphatic heterocycles. The van der Waals surface area contributed by atoms with Crippen molar-refractivity contribution in [1.29, 1.82) is 0 Å². The zero-order valence-electron chi connectivity index (χ0n) is 15.6. The van der Waals surface area contributed by atoms with Crippen LogP contribution in [0.4, 0.5) is 0 Å². The van der Waals surface area contributed by atoms with Crippen LogP contribution < -0.4 is 5.32 Å². The molecule has 3 aliphatic rings. The normalized spacial score (nSPS) is 23.8. The number of ether oxygens (including phenoxy) is 1. The molecule has 1 atom stereocenters. The van der Waals surface area contributed by atoms with Crippen LogP contribution in [0.5, 0.6) is 0 Å². The van der Waals surface area contributed by atoms with E-state index in [0.717, 1.165) is 24.8 Å². The lowest BCUT2D eigenvalue weighted by Crippen LogP contribution is -2.42. The molecule has 1 saturated carbocycles.